The molecule has 0 aromatic heterocycles. The third-order valence-electron chi connectivity index (χ3n) is 2.02. The Morgan fingerprint density at radius 3 is 2.75 bits per heavy atom. The predicted molar refractivity (Wildman–Crippen MR) is 62.9 cm³/mol. The molecule has 0 fully saturated rings. The molecule has 0 aliphatic carbocycles. The zero-order chi connectivity index (χ0) is 12.2. The summed E-state index contributed by atoms with van der Waals surface area (Å²) >= 11 is 5.72. The number of benzene rings is 1. The number of nitrogens with one attached hydrogen (secondary N) is 1. The first-order valence-electron chi connectivity index (χ1n) is 4.84. The van der Waals surface area contributed by atoms with Gasteiger partial charge < -0.3 is 5.11 Å². The number of hydrogen-bond donors (Lipinski definition) is 2. The van der Waals surface area contributed by atoms with Gasteiger partial charge in [0.15, 0.2) is 0 Å². The number of rotatable bonds is 5. The van der Waals surface area contributed by atoms with E-state index < -0.39 is 10.0 Å². The summed E-state index contributed by atoms with van der Waals surface area (Å²) in [7, 11) is -3.55. The summed E-state index contributed by atoms with van der Waals surface area (Å²) in [6.07, 6.45) is 0.375. The van der Waals surface area contributed by atoms with Crippen molar-refractivity contribution >= 4 is 21.6 Å². The molecule has 0 bridgehead atoms. The van der Waals surface area contributed by atoms with Crippen LogP contribution in [0.15, 0.2) is 29.2 Å². The molecule has 0 spiro atoms. The molecule has 0 aliphatic rings. The first-order chi connectivity index (χ1) is 7.45. The molecule has 1 aromatic carbocycles. The number of aliphatic hydroxyl groups excluding tert-OH is 1. The second kappa shape index (κ2) is 5.63. The van der Waals surface area contributed by atoms with Crippen LogP contribution >= 0.6 is 11.6 Å². The Morgan fingerprint density at radius 1 is 1.50 bits per heavy atom. The fraction of sp³-hybridized carbons (Fsp3) is 0.400. The van der Waals surface area contributed by atoms with Crippen molar-refractivity contribution in [1.29, 1.82) is 0 Å². The third kappa shape index (κ3) is 3.75. The number of hydrogen-bond acceptors (Lipinski definition) is 3. The summed E-state index contributed by atoms with van der Waals surface area (Å²) in [5, 5.41) is 9.07. The number of halogens is 1. The molecule has 1 atom stereocenters. The molecule has 1 unspecified atom stereocenters. The van der Waals surface area contributed by atoms with Crippen LogP contribution in [0.1, 0.15) is 13.3 Å². The lowest BCUT2D eigenvalue weighted by atomic mass is 10.3. The average Bonchev–Trinajstić information content (AvgIpc) is 2.17. The quantitative estimate of drug-likeness (QED) is 0.844. The van der Waals surface area contributed by atoms with Crippen molar-refractivity contribution in [3.63, 3.8) is 0 Å². The van der Waals surface area contributed by atoms with Gasteiger partial charge >= 0.3 is 0 Å². The number of sulfonamides is 1. The van der Waals surface area contributed by atoms with Gasteiger partial charge in [-0.05, 0) is 31.5 Å². The second-order valence-corrected chi connectivity index (χ2v) is 5.64. The molecule has 16 heavy (non-hydrogen) atoms. The highest BCUT2D eigenvalue weighted by atomic mass is 35.5. The van der Waals surface area contributed by atoms with E-state index in [-0.39, 0.29) is 17.5 Å². The molecule has 0 heterocycles. The molecule has 0 radical (unpaired) electrons. The minimum absolute atomic E-state index is 0.0563. The summed E-state index contributed by atoms with van der Waals surface area (Å²) in [5.41, 5.74) is 0. The van der Waals surface area contributed by atoms with Crippen LogP contribution in [-0.4, -0.2) is 26.2 Å². The molecule has 1 aromatic rings. The Hall–Kier alpha value is -0.620. The van der Waals surface area contributed by atoms with Gasteiger partial charge in [-0.25, -0.2) is 13.1 Å². The summed E-state index contributed by atoms with van der Waals surface area (Å²) in [6.45, 7) is 1.64. The largest absolute Gasteiger partial charge is 0.396 e. The van der Waals surface area contributed by atoms with Crippen molar-refractivity contribution in [2.24, 2.45) is 0 Å². The van der Waals surface area contributed by atoms with Crippen LogP contribution in [0.2, 0.25) is 5.02 Å². The molecule has 0 amide bonds. The Morgan fingerprint density at radius 2 is 2.19 bits per heavy atom. The minimum Gasteiger partial charge on any atom is -0.396 e. The van der Waals surface area contributed by atoms with Gasteiger partial charge in [0, 0.05) is 17.7 Å². The maximum Gasteiger partial charge on any atom is 0.240 e. The topological polar surface area (TPSA) is 66.4 Å². The second-order valence-electron chi connectivity index (χ2n) is 3.49. The average molecular weight is 264 g/mol. The molecule has 4 nitrogen and oxygen atoms in total. The van der Waals surface area contributed by atoms with Crippen molar-refractivity contribution in [3.05, 3.63) is 29.3 Å². The zero-order valence-electron chi connectivity index (χ0n) is 8.85. The van der Waals surface area contributed by atoms with Crippen molar-refractivity contribution < 1.29 is 13.5 Å². The van der Waals surface area contributed by atoms with Gasteiger partial charge in [-0.3, -0.25) is 0 Å². The van der Waals surface area contributed by atoms with E-state index in [9.17, 15) is 8.42 Å². The zero-order valence-corrected chi connectivity index (χ0v) is 10.4. The monoisotopic (exact) mass is 263 g/mol. The molecular weight excluding hydrogens is 250 g/mol. The van der Waals surface area contributed by atoms with E-state index in [1.807, 2.05) is 0 Å². The molecule has 0 saturated carbocycles. The highest BCUT2D eigenvalue weighted by Gasteiger charge is 2.16. The lowest BCUT2D eigenvalue weighted by molar-refractivity contribution is 0.275. The first-order valence-corrected chi connectivity index (χ1v) is 6.70. The van der Waals surface area contributed by atoms with Crippen LogP contribution in [0, 0.1) is 0 Å². The van der Waals surface area contributed by atoms with Gasteiger partial charge in [0.25, 0.3) is 0 Å². The van der Waals surface area contributed by atoms with Crippen molar-refractivity contribution in [2.75, 3.05) is 6.61 Å². The van der Waals surface area contributed by atoms with Crippen molar-refractivity contribution in [3.8, 4) is 0 Å². The molecule has 6 heteroatoms. The highest BCUT2D eigenvalue weighted by molar-refractivity contribution is 7.89. The van der Waals surface area contributed by atoms with E-state index in [4.69, 9.17) is 16.7 Å². The Kier molecular flexibility index (Phi) is 4.73. The van der Waals surface area contributed by atoms with Crippen LogP contribution in [0.25, 0.3) is 0 Å². The van der Waals surface area contributed by atoms with E-state index in [1.54, 1.807) is 19.1 Å². The molecule has 0 aliphatic heterocycles. The van der Waals surface area contributed by atoms with E-state index >= 15 is 0 Å². The fourth-order valence-electron chi connectivity index (χ4n) is 1.22. The molecule has 90 valence electrons. The van der Waals surface area contributed by atoms with Crippen LogP contribution in [-0.2, 0) is 10.0 Å². The Bertz CT molecular complexity index is 447. The minimum atomic E-state index is -3.55. The van der Waals surface area contributed by atoms with Crippen LogP contribution in [0.4, 0.5) is 0 Å². The third-order valence-corrected chi connectivity index (χ3v) is 3.85. The Balaban J connectivity index is 2.86. The lowest BCUT2D eigenvalue weighted by Crippen LogP contribution is -2.33. The lowest BCUT2D eigenvalue weighted by Gasteiger charge is -2.12. The SMILES string of the molecule is CC(CCO)NS(=O)(=O)c1cccc(Cl)c1. The molecule has 0 saturated heterocycles. The van der Waals surface area contributed by atoms with E-state index in [1.165, 1.54) is 12.1 Å². The Labute approximate surface area is 100 Å². The molecule has 2 N–H and O–H groups in total. The summed E-state index contributed by atoms with van der Waals surface area (Å²) < 4.78 is 26.1. The predicted octanol–water partition coefficient (Wildman–Crippen LogP) is 1.39. The summed E-state index contributed by atoms with van der Waals surface area (Å²) in [5.74, 6) is 0. The normalized spacial score (nSPS) is 13.7. The smallest absolute Gasteiger partial charge is 0.240 e. The maximum atomic E-state index is 11.8. The van der Waals surface area contributed by atoms with Crippen molar-refractivity contribution in [1.82, 2.24) is 4.72 Å². The van der Waals surface area contributed by atoms with Gasteiger partial charge in [-0.1, -0.05) is 17.7 Å². The van der Waals surface area contributed by atoms with Crippen LogP contribution in [0.3, 0.4) is 0 Å². The van der Waals surface area contributed by atoms with Gasteiger partial charge in [0.05, 0.1) is 4.90 Å². The summed E-state index contributed by atoms with van der Waals surface area (Å²) in [6, 6.07) is 5.73. The van der Waals surface area contributed by atoms with Gasteiger partial charge in [0.2, 0.25) is 10.0 Å². The van der Waals surface area contributed by atoms with E-state index in [0.717, 1.165) is 0 Å². The van der Waals surface area contributed by atoms with Gasteiger partial charge in [-0.15, -0.1) is 0 Å². The highest BCUT2D eigenvalue weighted by Crippen LogP contribution is 2.15. The summed E-state index contributed by atoms with van der Waals surface area (Å²) in [4.78, 5) is 0.129. The standard InChI is InChI=1S/C10H14ClNO3S/c1-8(5-6-13)12-16(14,15)10-4-2-3-9(11)7-10/h2-4,7-8,12-13H,5-6H2,1H3. The van der Waals surface area contributed by atoms with Gasteiger partial charge in [0.1, 0.15) is 0 Å². The van der Waals surface area contributed by atoms with Crippen molar-refractivity contribution in [2.45, 2.75) is 24.3 Å². The van der Waals surface area contributed by atoms with Crippen LogP contribution < -0.4 is 4.72 Å². The first kappa shape index (κ1) is 13.4. The molecule has 1 rings (SSSR count). The van der Waals surface area contributed by atoms with E-state index in [2.05, 4.69) is 4.72 Å². The fourth-order valence-corrected chi connectivity index (χ4v) is 2.80. The van der Waals surface area contributed by atoms with Crippen LogP contribution in [0.5, 0.6) is 0 Å². The van der Waals surface area contributed by atoms with Gasteiger partial charge in [-0.2, -0.15) is 0 Å². The molecular formula is C10H14ClNO3S. The van der Waals surface area contributed by atoms with E-state index in [0.29, 0.717) is 11.4 Å². The maximum absolute atomic E-state index is 11.8. The number of aliphatic hydroxyl groups is 1.